The molecule has 3 heteroatoms. The molecule has 0 aliphatic carbocycles. The van der Waals surface area contributed by atoms with E-state index in [2.05, 4.69) is 12.2 Å². The van der Waals surface area contributed by atoms with Crippen LogP contribution in [-0.2, 0) is 11.2 Å². The number of anilines is 1. The first-order valence-electron chi connectivity index (χ1n) is 4.73. The van der Waals surface area contributed by atoms with Gasteiger partial charge in [-0.05, 0) is 25.0 Å². The van der Waals surface area contributed by atoms with E-state index in [1.54, 1.807) is 13.2 Å². The molecular weight excluding hydrogens is 178 g/mol. The van der Waals surface area contributed by atoms with Crippen molar-refractivity contribution in [2.75, 3.05) is 19.0 Å². The summed E-state index contributed by atoms with van der Waals surface area (Å²) in [5.41, 5.74) is 1.92. The lowest BCUT2D eigenvalue weighted by Gasteiger charge is -2.23. The molecule has 0 aromatic heterocycles. The second-order valence-electron chi connectivity index (χ2n) is 4.11. The van der Waals surface area contributed by atoms with Crippen molar-refractivity contribution in [2.45, 2.75) is 18.9 Å². The van der Waals surface area contributed by atoms with Gasteiger partial charge in [-0.1, -0.05) is 12.1 Å². The van der Waals surface area contributed by atoms with Gasteiger partial charge in [-0.3, -0.25) is 0 Å². The number of nitrogens with one attached hydrogen (secondary N) is 1. The lowest BCUT2D eigenvalue weighted by molar-refractivity contribution is 0.153. The van der Waals surface area contributed by atoms with E-state index in [0.29, 0.717) is 12.4 Å². The van der Waals surface area contributed by atoms with Crippen LogP contribution in [0.15, 0.2) is 18.2 Å². The van der Waals surface area contributed by atoms with Gasteiger partial charge in [0.15, 0.2) is 0 Å². The van der Waals surface area contributed by atoms with Crippen molar-refractivity contribution >= 4 is 5.69 Å². The van der Waals surface area contributed by atoms with Crippen LogP contribution in [0.1, 0.15) is 12.5 Å². The van der Waals surface area contributed by atoms with E-state index in [-0.39, 0.29) is 5.54 Å². The third-order valence-electron chi connectivity index (χ3n) is 2.60. The van der Waals surface area contributed by atoms with Gasteiger partial charge in [0.1, 0.15) is 5.75 Å². The molecule has 2 rings (SSSR count). The molecule has 14 heavy (non-hydrogen) atoms. The highest BCUT2D eigenvalue weighted by Crippen LogP contribution is 2.38. The number of para-hydroxylation sites is 1. The molecule has 0 radical (unpaired) electrons. The van der Waals surface area contributed by atoms with Crippen molar-refractivity contribution in [3.05, 3.63) is 23.8 Å². The van der Waals surface area contributed by atoms with Gasteiger partial charge in [-0.25, -0.2) is 0 Å². The Labute approximate surface area is 83.7 Å². The Morgan fingerprint density at radius 3 is 3.00 bits per heavy atom. The van der Waals surface area contributed by atoms with Crippen LogP contribution in [0.25, 0.3) is 0 Å². The minimum atomic E-state index is -0.0874. The van der Waals surface area contributed by atoms with E-state index in [4.69, 9.17) is 4.74 Å². The highest BCUT2D eigenvalue weighted by Gasteiger charge is 2.33. The highest BCUT2D eigenvalue weighted by atomic mass is 16.5. The zero-order chi connectivity index (χ0) is 10.2. The van der Waals surface area contributed by atoms with Gasteiger partial charge in [-0.15, -0.1) is 0 Å². The first-order valence-corrected chi connectivity index (χ1v) is 4.73. The van der Waals surface area contributed by atoms with E-state index in [9.17, 15) is 5.11 Å². The van der Waals surface area contributed by atoms with Gasteiger partial charge in [0, 0.05) is 7.11 Å². The fourth-order valence-corrected chi connectivity index (χ4v) is 2.05. The number of ether oxygens (including phenoxy) is 1. The Balaban J connectivity index is 2.29. The number of phenols is 1. The van der Waals surface area contributed by atoms with E-state index >= 15 is 0 Å². The third-order valence-corrected chi connectivity index (χ3v) is 2.60. The largest absolute Gasteiger partial charge is 0.506 e. The number of hydrogen-bond donors (Lipinski definition) is 2. The molecule has 0 fully saturated rings. The van der Waals surface area contributed by atoms with Crippen LogP contribution in [0, 0.1) is 0 Å². The van der Waals surface area contributed by atoms with Gasteiger partial charge in [0.2, 0.25) is 0 Å². The topological polar surface area (TPSA) is 41.5 Å². The van der Waals surface area contributed by atoms with E-state index in [0.717, 1.165) is 17.7 Å². The summed E-state index contributed by atoms with van der Waals surface area (Å²) in [6.45, 7) is 2.73. The summed E-state index contributed by atoms with van der Waals surface area (Å²) in [6, 6.07) is 5.60. The summed E-state index contributed by atoms with van der Waals surface area (Å²) < 4.78 is 5.16. The van der Waals surface area contributed by atoms with E-state index in [1.165, 1.54) is 0 Å². The van der Waals surface area contributed by atoms with Crippen molar-refractivity contribution < 1.29 is 9.84 Å². The van der Waals surface area contributed by atoms with E-state index in [1.807, 2.05) is 12.1 Å². The zero-order valence-corrected chi connectivity index (χ0v) is 8.50. The van der Waals surface area contributed by atoms with Crippen molar-refractivity contribution in [2.24, 2.45) is 0 Å². The minimum Gasteiger partial charge on any atom is -0.506 e. The lowest BCUT2D eigenvalue weighted by atomic mass is 9.99. The van der Waals surface area contributed by atoms with Crippen LogP contribution >= 0.6 is 0 Å². The van der Waals surface area contributed by atoms with Gasteiger partial charge in [0.05, 0.1) is 17.8 Å². The van der Waals surface area contributed by atoms with Crippen LogP contribution in [0.4, 0.5) is 5.69 Å². The molecule has 1 aliphatic rings. The van der Waals surface area contributed by atoms with Crippen molar-refractivity contribution in [1.29, 1.82) is 0 Å². The number of phenolic OH excluding ortho intramolecular Hbond substituents is 1. The summed E-state index contributed by atoms with van der Waals surface area (Å²) in [5, 5.41) is 12.9. The van der Waals surface area contributed by atoms with Crippen LogP contribution in [0.2, 0.25) is 0 Å². The van der Waals surface area contributed by atoms with Crippen molar-refractivity contribution in [3.8, 4) is 5.75 Å². The van der Waals surface area contributed by atoms with Gasteiger partial charge in [-0.2, -0.15) is 0 Å². The Kier molecular flexibility index (Phi) is 2.11. The molecule has 0 bridgehead atoms. The maximum Gasteiger partial charge on any atom is 0.138 e. The lowest BCUT2D eigenvalue weighted by Crippen LogP contribution is -2.37. The Hall–Kier alpha value is -1.22. The van der Waals surface area contributed by atoms with Crippen LogP contribution in [0.3, 0.4) is 0 Å². The second-order valence-corrected chi connectivity index (χ2v) is 4.11. The smallest absolute Gasteiger partial charge is 0.138 e. The van der Waals surface area contributed by atoms with Crippen LogP contribution < -0.4 is 5.32 Å². The molecule has 0 spiro atoms. The number of methoxy groups -OCH3 is 1. The maximum absolute atomic E-state index is 9.63. The minimum absolute atomic E-state index is 0.0874. The monoisotopic (exact) mass is 193 g/mol. The van der Waals surface area contributed by atoms with Crippen molar-refractivity contribution in [1.82, 2.24) is 0 Å². The summed E-state index contributed by atoms with van der Waals surface area (Å²) in [5.74, 6) is 0.322. The fourth-order valence-electron chi connectivity index (χ4n) is 2.05. The molecular formula is C11H15NO2. The molecule has 2 N–H and O–H groups in total. The maximum atomic E-state index is 9.63. The average molecular weight is 193 g/mol. The Morgan fingerprint density at radius 2 is 2.36 bits per heavy atom. The first-order chi connectivity index (χ1) is 6.64. The molecule has 1 aromatic rings. The fraction of sp³-hybridized carbons (Fsp3) is 0.455. The molecule has 0 saturated carbocycles. The molecule has 1 unspecified atom stereocenters. The number of hydrogen-bond acceptors (Lipinski definition) is 3. The van der Waals surface area contributed by atoms with Crippen molar-refractivity contribution in [3.63, 3.8) is 0 Å². The van der Waals surface area contributed by atoms with Gasteiger partial charge in [0.25, 0.3) is 0 Å². The number of benzene rings is 1. The summed E-state index contributed by atoms with van der Waals surface area (Å²) in [6.07, 6.45) is 0.893. The van der Waals surface area contributed by atoms with Crippen LogP contribution in [-0.4, -0.2) is 24.4 Å². The molecule has 1 heterocycles. The standard InChI is InChI=1S/C11H15NO2/c1-11(7-14-2)6-8-4-3-5-9(13)10(8)12-11/h3-5,12-13H,6-7H2,1-2H3. The predicted molar refractivity (Wildman–Crippen MR) is 55.7 cm³/mol. The first kappa shape index (κ1) is 9.34. The van der Waals surface area contributed by atoms with Gasteiger partial charge >= 0.3 is 0 Å². The zero-order valence-electron chi connectivity index (χ0n) is 8.50. The summed E-state index contributed by atoms with van der Waals surface area (Å²) >= 11 is 0. The average Bonchev–Trinajstić information content (AvgIpc) is 2.44. The van der Waals surface area contributed by atoms with Crippen LogP contribution in [0.5, 0.6) is 5.75 Å². The number of fused-ring (bicyclic) bond motifs is 1. The highest BCUT2D eigenvalue weighted by molar-refractivity contribution is 5.66. The Morgan fingerprint density at radius 1 is 1.57 bits per heavy atom. The molecule has 0 saturated heterocycles. The molecule has 1 aliphatic heterocycles. The third kappa shape index (κ3) is 1.44. The SMILES string of the molecule is COCC1(C)Cc2cccc(O)c2N1. The predicted octanol–water partition coefficient (Wildman–Crippen LogP) is 1.77. The van der Waals surface area contributed by atoms with Gasteiger partial charge < -0.3 is 15.2 Å². The number of aromatic hydroxyl groups is 1. The molecule has 3 nitrogen and oxygen atoms in total. The summed E-state index contributed by atoms with van der Waals surface area (Å²) in [4.78, 5) is 0. The molecule has 76 valence electrons. The quantitative estimate of drug-likeness (QED) is 0.703. The molecule has 0 amide bonds. The normalized spacial score (nSPS) is 24.4. The molecule has 1 atom stereocenters. The molecule has 1 aromatic carbocycles. The second kappa shape index (κ2) is 3.17. The number of rotatable bonds is 2. The Bertz CT molecular complexity index is 351. The summed E-state index contributed by atoms with van der Waals surface area (Å²) in [7, 11) is 1.69. The van der Waals surface area contributed by atoms with E-state index < -0.39 is 0 Å².